The summed E-state index contributed by atoms with van der Waals surface area (Å²) in [6.07, 6.45) is 0. The fourth-order valence-electron chi connectivity index (χ4n) is 4.02. The van der Waals surface area contributed by atoms with Gasteiger partial charge in [0.1, 0.15) is 0 Å². The summed E-state index contributed by atoms with van der Waals surface area (Å²) in [5, 5.41) is 3.11. The lowest BCUT2D eigenvalue weighted by atomic mass is 9.84. The Balaban J connectivity index is 1.99. The summed E-state index contributed by atoms with van der Waals surface area (Å²) >= 11 is 6.43. The van der Waals surface area contributed by atoms with Crippen LogP contribution in [0.5, 0.6) is 0 Å². The maximum atomic E-state index is 6.43. The molecule has 0 unspecified atom stereocenters. The van der Waals surface area contributed by atoms with Crippen molar-refractivity contribution >= 4 is 22.4 Å². The van der Waals surface area contributed by atoms with Crippen LogP contribution in [0.15, 0.2) is 115 Å². The van der Waals surface area contributed by atoms with Gasteiger partial charge in [-0.1, -0.05) is 109 Å². The number of benzene rings is 5. The van der Waals surface area contributed by atoms with Crippen molar-refractivity contribution in [1.82, 2.24) is 0 Å². The summed E-state index contributed by atoms with van der Waals surface area (Å²) in [6, 6.07) is 40.3. The highest BCUT2D eigenvalue weighted by Gasteiger charge is 2.18. The van der Waals surface area contributed by atoms with Crippen molar-refractivity contribution in [3.05, 3.63) is 120 Å². The zero-order valence-corrected chi connectivity index (χ0v) is 16.6. The molecule has 5 aromatic rings. The molecule has 0 aliphatic carbocycles. The number of hydrogen-bond donors (Lipinski definition) is 0. The van der Waals surface area contributed by atoms with Crippen molar-refractivity contribution in [1.29, 1.82) is 0 Å². The minimum atomic E-state index is 0.751. The van der Waals surface area contributed by atoms with Crippen LogP contribution >= 0.6 is 11.6 Å². The maximum Gasteiger partial charge on any atom is 0.0412 e. The molecule has 0 saturated heterocycles. The fraction of sp³-hybridized carbons (Fsp3) is 0. The van der Waals surface area contributed by atoms with Crippen LogP contribution in [0.2, 0.25) is 5.02 Å². The van der Waals surface area contributed by atoms with E-state index in [1.54, 1.807) is 0 Å². The minimum Gasteiger partial charge on any atom is -0.0843 e. The van der Waals surface area contributed by atoms with E-state index in [2.05, 4.69) is 109 Å². The third kappa shape index (κ3) is 3.33. The van der Waals surface area contributed by atoms with Crippen LogP contribution in [0.4, 0.5) is 0 Å². The van der Waals surface area contributed by atoms with Crippen molar-refractivity contribution in [3.63, 3.8) is 0 Å². The lowest BCUT2D eigenvalue weighted by Crippen LogP contribution is -1.93. The first kappa shape index (κ1) is 17.7. The molecule has 0 saturated carbocycles. The van der Waals surface area contributed by atoms with Gasteiger partial charge in [-0.3, -0.25) is 0 Å². The summed E-state index contributed by atoms with van der Waals surface area (Å²) in [5.74, 6) is 0. The van der Waals surface area contributed by atoms with E-state index in [1.165, 1.54) is 44.2 Å². The van der Waals surface area contributed by atoms with Crippen molar-refractivity contribution < 1.29 is 0 Å². The van der Waals surface area contributed by atoms with Gasteiger partial charge in [0.15, 0.2) is 0 Å². The molecule has 0 heterocycles. The first-order valence-electron chi connectivity index (χ1n) is 9.74. The Morgan fingerprint density at radius 3 is 1.55 bits per heavy atom. The molecule has 0 atom stereocenters. The standard InChI is InChI=1S/C28H19Cl/c29-24-17-16-23-18-25(20-10-4-1-5-11-20)27(21-12-6-2-7-13-21)28(26(23)19-24)22-14-8-3-9-15-22/h1-19H. The normalized spacial score (nSPS) is 10.9. The summed E-state index contributed by atoms with van der Waals surface area (Å²) in [4.78, 5) is 0. The molecular weight excluding hydrogens is 372 g/mol. The molecule has 0 nitrogen and oxygen atoms in total. The second-order valence-corrected chi connectivity index (χ2v) is 7.57. The molecule has 0 aromatic heterocycles. The molecule has 0 radical (unpaired) electrons. The molecule has 0 N–H and O–H groups in total. The van der Waals surface area contributed by atoms with Crippen LogP contribution < -0.4 is 0 Å². The summed E-state index contributed by atoms with van der Waals surface area (Å²) in [7, 11) is 0. The van der Waals surface area contributed by atoms with Gasteiger partial charge in [0, 0.05) is 5.02 Å². The first-order chi connectivity index (χ1) is 14.3. The Morgan fingerprint density at radius 2 is 0.966 bits per heavy atom. The number of hydrogen-bond acceptors (Lipinski definition) is 0. The van der Waals surface area contributed by atoms with Gasteiger partial charge in [0.2, 0.25) is 0 Å². The monoisotopic (exact) mass is 390 g/mol. The molecule has 0 amide bonds. The second-order valence-electron chi connectivity index (χ2n) is 7.14. The molecule has 0 spiro atoms. The topological polar surface area (TPSA) is 0 Å². The Labute approximate surface area is 176 Å². The first-order valence-corrected chi connectivity index (χ1v) is 10.1. The highest BCUT2D eigenvalue weighted by molar-refractivity contribution is 6.31. The van der Waals surface area contributed by atoms with E-state index >= 15 is 0 Å². The van der Waals surface area contributed by atoms with E-state index in [9.17, 15) is 0 Å². The van der Waals surface area contributed by atoms with Gasteiger partial charge in [-0.25, -0.2) is 0 Å². The fourth-order valence-corrected chi connectivity index (χ4v) is 4.19. The van der Waals surface area contributed by atoms with Gasteiger partial charge in [0.25, 0.3) is 0 Å². The van der Waals surface area contributed by atoms with Crippen LogP contribution in [0.3, 0.4) is 0 Å². The van der Waals surface area contributed by atoms with E-state index in [-0.39, 0.29) is 0 Å². The van der Waals surface area contributed by atoms with Crippen LogP contribution in [0, 0.1) is 0 Å². The number of rotatable bonds is 3. The van der Waals surface area contributed by atoms with Crippen molar-refractivity contribution in [2.24, 2.45) is 0 Å². The van der Waals surface area contributed by atoms with E-state index < -0.39 is 0 Å². The van der Waals surface area contributed by atoms with Crippen LogP contribution in [0.25, 0.3) is 44.2 Å². The SMILES string of the molecule is Clc1ccc2cc(-c3ccccc3)c(-c3ccccc3)c(-c3ccccc3)c2c1. The van der Waals surface area contributed by atoms with Gasteiger partial charge in [-0.05, 0) is 62.4 Å². The third-order valence-electron chi connectivity index (χ3n) is 5.31. The molecule has 0 bridgehead atoms. The van der Waals surface area contributed by atoms with Gasteiger partial charge >= 0.3 is 0 Å². The molecule has 29 heavy (non-hydrogen) atoms. The number of halogens is 1. The Kier molecular flexibility index (Phi) is 4.63. The predicted molar refractivity (Wildman–Crippen MR) is 125 cm³/mol. The Morgan fingerprint density at radius 1 is 0.448 bits per heavy atom. The van der Waals surface area contributed by atoms with Gasteiger partial charge in [-0.2, -0.15) is 0 Å². The zero-order valence-electron chi connectivity index (χ0n) is 15.8. The summed E-state index contributed by atoms with van der Waals surface area (Å²) < 4.78 is 0. The van der Waals surface area contributed by atoms with E-state index in [0.29, 0.717) is 0 Å². The van der Waals surface area contributed by atoms with Crippen molar-refractivity contribution in [2.45, 2.75) is 0 Å². The average molecular weight is 391 g/mol. The smallest absolute Gasteiger partial charge is 0.0412 e. The highest BCUT2D eigenvalue weighted by atomic mass is 35.5. The van der Waals surface area contributed by atoms with Crippen molar-refractivity contribution in [2.75, 3.05) is 0 Å². The van der Waals surface area contributed by atoms with E-state index in [4.69, 9.17) is 11.6 Å². The number of fused-ring (bicyclic) bond motifs is 1. The van der Waals surface area contributed by atoms with Gasteiger partial charge < -0.3 is 0 Å². The summed E-state index contributed by atoms with van der Waals surface area (Å²) in [6.45, 7) is 0. The van der Waals surface area contributed by atoms with Crippen LogP contribution in [0.1, 0.15) is 0 Å². The van der Waals surface area contributed by atoms with Gasteiger partial charge in [0.05, 0.1) is 0 Å². The molecule has 0 fully saturated rings. The van der Waals surface area contributed by atoms with Crippen molar-refractivity contribution in [3.8, 4) is 33.4 Å². The Hall–Kier alpha value is -3.35. The lowest BCUT2D eigenvalue weighted by Gasteiger charge is -2.19. The van der Waals surface area contributed by atoms with E-state index in [1.807, 2.05) is 6.07 Å². The molecule has 1 heteroatoms. The average Bonchev–Trinajstić information content (AvgIpc) is 2.79. The molecule has 0 aliphatic rings. The maximum absolute atomic E-state index is 6.43. The quantitative estimate of drug-likeness (QED) is 0.289. The van der Waals surface area contributed by atoms with Gasteiger partial charge in [-0.15, -0.1) is 0 Å². The molecular formula is C28H19Cl. The second kappa shape index (κ2) is 7.58. The molecule has 5 aromatic carbocycles. The molecule has 0 aliphatic heterocycles. The van der Waals surface area contributed by atoms with Crippen LogP contribution in [-0.2, 0) is 0 Å². The third-order valence-corrected chi connectivity index (χ3v) is 5.55. The molecule has 5 rings (SSSR count). The lowest BCUT2D eigenvalue weighted by molar-refractivity contribution is 1.58. The van der Waals surface area contributed by atoms with Crippen LogP contribution in [-0.4, -0.2) is 0 Å². The minimum absolute atomic E-state index is 0.751. The van der Waals surface area contributed by atoms with E-state index in [0.717, 1.165) is 5.02 Å². The highest BCUT2D eigenvalue weighted by Crippen LogP contribution is 2.45. The Bertz CT molecular complexity index is 1270. The predicted octanol–water partition coefficient (Wildman–Crippen LogP) is 8.49. The summed E-state index contributed by atoms with van der Waals surface area (Å²) in [5.41, 5.74) is 7.28. The largest absolute Gasteiger partial charge is 0.0843 e. The zero-order chi connectivity index (χ0) is 19.6. The molecule has 138 valence electrons.